The number of aryl methyl sites for hydroxylation is 1. The number of guanidine groups is 1. The molecule has 1 heterocycles. The highest BCUT2D eigenvalue weighted by Crippen LogP contribution is 2.32. The predicted octanol–water partition coefficient (Wildman–Crippen LogP) is 3.84. The second kappa shape index (κ2) is 10.9. The lowest BCUT2D eigenvalue weighted by molar-refractivity contribution is 0.297. The van der Waals surface area contributed by atoms with Crippen LogP contribution in [0.25, 0.3) is 0 Å². The molecule has 146 valence electrons. The van der Waals surface area contributed by atoms with Crippen molar-refractivity contribution in [2.75, 3.05) is 38.7 Å². The molecule has 0 atom stereocenters. The van der Waals surface area contributed by atoms with Gasteiger partial charge in [-0.15, -0.1) is 24.0 Å². The maximum atomic E-state index is 5.79. The molecule has 0 aromatic heterocycles. The van der Waals surface area contributed by atoms with Crippen molar-refractivity contribution < 1.29 is 14.2 Å². The van der Waals surface area contributed by atoms with Gasteiger partial charge < -0.3 is 24.8 Å². The first kappa shape index (κ1) is 21.1. The van der Waals surface area contributed by atoms with Crippen LogP contribution in [0.4, 0.5) is 5.69 Å². The van der Waals surface area contributed by atoms with E-state index in [0.29, 0.717) is 32.3 Å². The Labute approximate surface area is 177 Å². The van der Waals surface area contributed by atoms with Gasteiger partial charge in [0.05, 0.1) is 19.8 Å². The zero-order valence-electron chi connectivity index (χ0n) is 15.7. The third kappa shape index (κ3) is 6.20. The minimum absolute atomic E-state index is 0. The second-order valence-electron chi connectivity index (χ2n) is 5.95. The number of benzene rings is 2. The van der Waals surface area contributed by atoms with Gasteiger partial charge in [-0.3, -0.25) is 4.99 Å². The molecule has 7 heteroatoms. The molecule has 2 N–H and O–H groups in total. The van der Waals surface area contributed by atoms with Crippen molar-refractivity contribution >= 4 is 35.6 Å². The Morgan fingerprint density at radius 1 is 1.11 bits per heavy atom. The fourth-order valence-electron chi connectivity index (χ4n) is 2.61. The summed E-state index contributed by atoms with van der Waals surface area (Å²) in [6, 6.07) is 13.8. The van der Waals surface area contributed by atoms with Crippen LogP contribution >= 0.6 is 24.0 Å². The number of hydrogen-bond acceptors (Lipinski definition) is 4. The molecule has 1 aliphatic rings. The van der Waals surface area contributed by atoms with Crippen LogP contribution in [0.15, 0.2) is 47.5 Å². The van der Waals surface area contributed by atoms with E-state index in [1.54, 1.807) is 7.05 Å². The normalized spacial score (nSPS) is 13.2. The van der Waals surface area contributed by atoms with Crippen molar-refractivity contribution in [3.05, 3.63) is 48.0 Å². The molecular weight excluding hydrogens is 457 g/mol. The highest BCUT2D eigenvalue weighted by atomic mass is 127. The Morgan fingerprint density at radius 3 is 2.67 bits per heavy atom. The lowest BCUT2D eigenvalue weighted by atomic mass is 10.2. The van der Waals surface area contributed by atoms with Gasteiger partial charge in [-0.25, -0.2) is 0 Å². The summed E-state index contributed by atoms with van der Waals surface area (Å²) in [5, 5.41) is 6.50. The number of anilines is 1. The summed E-state index contributed by atoms with van der Waals surface area (Å²) in [5.74, 6) is 3.11. The van der Waals surface area contributed by atoms with E-state index in [-0.39, 0.29) is 24.0 Å². The smallest absolute Gasteiger partial charge is 0.195 e. The fraction of sp³-hybridized carbons (Fsp3) is 0.350. The van der Waals surface area contributed by atoms with Gasteiger partial charge in [0.1, 0.15) is 12.4 Å². The van der Waals surface area contributed by atoms with E-state index >= 15 is 0 Å². The molecule has 2 aromatic rings. The number of nitrogens with one attached hydrogen (secondary N) is 2. The van der Waals surface area contributed by atoms with Crippen molar-refractivity contribution in [2.45, 2.75) is 13.3 Å². The third-order valence-corrected chi connectivity index (χ3v) is 3.98. The van der Waals surface area contributed by atoms with E-state index in [0.717, 1.165) is 34.9 Å². The molecular formula is C20H26IN3O3. The summed E-state index contributed by atoms with van der Waals surface area (Å²) < 4.78 is 17.2. The molecule has 0 saturated heterocycles. The lowest BCUT2D eigenvalue weighted by Crippen LogP contribution is -2.33. The standard InChI is InChI=1S/C20H25N3O3.HI/c1-15-6-3-4-7-17(15)26-13-10-22-20(21-2)23-16-8-9-18-19(14-16)25-12-5-11-24-18;/h3-4,6-9,14H,5,10-13H2,1-2H3,(H2,21,22,23);1H. The number of aliphatic imine (C=N–C) groups is 1. The van der Waals surface area contributed by atoms with Gasteiger partial charge in [-0.1, -0.05) is 18.2 Å². The van der Waals surface area contributed by atoms with Gasteiger partial charge in [0.2, 0.25) is 0 Å². The lowest BCUT2D eigenvalue weighted by Gasteiger charge is -2.14. The van der Waals surface area contributed by atoms with Crippen LogP contribution < -0.4 is 24.8 Å². The number of ether oxygens (including phenoxy) is 3. The Morgan fingerprint density at radius 2 is 1.89 bits per heavy atom. The molecule has 0 spiro atoms. The number of para-hydroxylation sites is 1. The van der Waals surface area contributed by atoms with Crippen LogP contribution in [0.1, 0.15) is 12.0 Å². The maximum absolute atomic E-state index is 5.79. The van der Waals surface area contributed by atoms with Crippen molar-refractivity contribution in [2.24, 2.45) is 4.99 Å². The summed E-state index contributed by atoms with van der Waals surface area (Å²) in [7, 11) is 1.74. The minimum Gasteiger partial charge on any atom is -0.491 e. The summed E-state index contributed by atoms with van der Waals surface area (Å²) in [6.07, 6.45) is 0.890. The summed E-state index contributed by atoms with van der Waals surface area (Å²) in [5.41, 5.74) is 2.02. The van der Waals surface area contributed by atoms with Crippen LogP contribution in [-0.2, 0) is 0 Å². The molecule has 0 bridgehead atoms. The Bertz CT molecular complexity index is 768. The largest absolute Gasteiger partial charge is 0.491 e. The number of rotatable bonds is 5. The number of nitrogens with zero attached hydrogens (tertiary/aromatic N) is 1. The van der Waals surface area contributed by atoms with E-state index in [2.05, 4.69) is 15.6 Å². The van der Waals surface area contributed by atoms with E-state index in [1.165, 1.54) is 0 Å². The Balaban J connectivity index is 0.00000261. The molecule has 1 aliphatic heterocycles. The van der Waals surface area contributed by atoms with Gasteiger partial charge in [0.25, 0.3) is 0 Å². The molecule has 0 aliphatic carbocycles. The van der Waals surface area contributed by atoms with E-state index in [4.69, 9.17) is 14.2 Å². The number of hydrogen-bond donors (Lipinski definition) is 2. The van der Waals surface area contributed by atoms with Crippen molar-refractivity contribution in [1.82, 2.24) is 5.32 Å². The summed E-state index contributed by atoms with van der Waals surface area (Å²) >= 11 is 0. The van der Waals surface area contributed by atoms with Crippen LogP contribution in [0.5, 0.6) is 17.2 Å². The first-order chi connectivity index (χ1) is 12.8. The summed E-state index contributed by atoms with van der Waals surface area (Å²) in [6.45, 7) is 4.57. The molecule has 0 radical (unpaired) electrons. The monoisotopic (exact) mass is 483 g/mol. The van der Waals surface area contributed by atoms with Gasteiger partial charge in [-0.2, -0.15) is 0 Å². The van der Waals surface area contributed by atoms with Crippen LogP contribution in [0, 0.1) is 6.92 Å². The molecule has 0 fully saturated rings. The van der Waals surface area contributed by atoms with Crippen molar-refractivity contribution in [3.8, 4) is 17.2 Å². The topological polar surface area (TPSA) is 64.1 Å². The fourth-order valence-corrected chi connectivity index (χ4v) is 2.61. The van der Waals surface area contributed by atoms with Gasteiger partial charge in [0, 0.05) is 25.2 Å². The molecule has 3 rings (SSSR count). The average molecular weight is 483 g/mol. The highest BCUT2D eigenvalue weighted by molar-refractivity contribution is 14.0. The van der Waals surface area contributed by atoms with Crippen LogP contribution in [0.2, 0.25) is 0 Å². The quantitative estimate of drug-likeness (QED) is 0.293. The average Bonchev–Trinajstić information content (AvgIpc) is 2.90. The van der Waals surface area contributed by atoms with E-state index in [1.807, 2.05) is 49.4 Å². The van der Waals surface area contributed by atoms with Gasteiger partial charge >= 0.3 is 0 Å². The van der Waals surface area contributed by atoms with Crippen molar-refractivity contribution in [1.29, 1.82) is 0 Å². The van der Waals surface area contributed by atoms with Crippen LogP contribution in [0.3, 0.4) is 0 Å². The summed E-state index contributed by atoms with van der Waals surface area (Å²) in [4.78, 5) is 4.24. The second-order valence-corrected chi connectivity index (χ2v) is 5.95. The maximum Gasteiger partial charge on any atom is 0.195 e. The highest BCUT2D eigenvalue weighted by Gasteiger charge is 2.11. The molecule has 0 unspecified atom stereocenters. The van der Waals surface area contributed by atoms with Gasteiger partial charge in [0.15, 0.2) is 17.5 Å². The molecule has 0 amide bonds. The van der Waals surface area contributed by atoms with E-state index < -0.39 is 0 Å². The zero-order valence-corrected chi connectivity index (χ0v) is 18.0. The Kier molecular flexibility index (Phi) is 8.50. The van der Waals surface area contributed by atoms with E-state index in [9.17, 15) is 0 Å². The SMILES string of the molecule is CN=C(NCCOc1ccccc1C)Nc1ccc2c(c1)OCCCO2.I. The zero-order chi connectivity index (χ0) is 18.2. The van der Waals surface area contributed by atoms with Crippen LogP contribution in [-0.4, -0.2) is 39.4 Å². The van der Waals surface area contributed by atoms with Crippen molar-refractivity contribution in [3.63, 3.8) is 0 Å². The molecule has 0 saturated carbocycles. The van der Waals surface area contributed by atoms with Gasteiger partial charge in [-0.05, 0) is 30.7 Å². The number of halogens is 1. The first-order valence-electron chi connectivity index (χ1n) is 8.82. The first-order valence-corrected chi connectivity index (χ1v) is 8.82. The third-order valence-electron chi connectivity index (χ3n) is 3.98. The minimum atomic E-state index is 0. The molecule has 2 aromatic carbocycles. The number of fused-ring (bicyclic) bond motifs is 1. The molecule has 27 heavy (non-hydrogen) atoms. The Hall–Kier alpha value is -2.16. The predicted molar refractivity (Wildman–Crippen MR) is 119 cm³/mol. The molecule has 6 nitrogen and oxygen atoms in total.